The molecule has 1 aliphatic heterocycles. The Morgan fingerprint density at radius 3 is 2.60 bits per heavy atom. The Labute approximate surface area is 308 Å². The second-order valence-electron chi connectivity index (χ2n) is 16.3. The second-order valence-corrected chi connectivity index (χ2v) is 16.3. The van der Waals surface area contributed by atoms with Crippen molar-refractivity contribution < 1.29 is 42.8 Å². The number of amides is 1. The van der Waals surface area contributed by atoms with Gasteiger partial charge in [-0.25, -0.2) is 4.98 Å². The molecule has 0 radical (unpaired) electrons. The van der Waals surface area contributed by atoms with Crippen molar-refractivity contribution in [3.05, 3.63) is 47.4 Å². The molecule has 6 N–H and O–H groups in total. The maximum atomic E-state index is 13.0. The Bertz CT molecular complexity index is 1580. The summed E-state index contributed by atoms with van der Waals surface area (Å²) in [4.78, 5) is 19.8. The highest BCUT2D eigenvalue weighted by Crippen LogP contribution is 2.61. The summed E-state index contributed by atoms with van der Waals surface area (Å²) in [6, 6.07) is 6.12. The first kappa shape index (κ1) is 38.2. The summed E-state index contributed by atoms with van der Waals surface area (Å²) in [6.07, 6.45) is 4.00. The Balaban J connectivity index is 0.772. The van der Waals surface area contributed by atoms with Gasteiger partial charge in [0, 0.05) is 12.1 Å². The molecule has 53 heavy (non-hydrogen) atoms. The highest BCUT2D eigenvalue weighted by Gasteiger charge is 2.54. The van der Waals surface area contributed by atoms with Crippen molar-refractivity contribution >= 4 is 11.7 Å². The summed E-state index contributed by atoms with van der Waals surface area (Å²) in [6.45, 7) is 3.66. The molecule has 1 aromatic carbocycles. The first-order valence-corrected chi connectivity index (χ1v) is 19.5. The lowest BCUT2D eigenvalue weighted by Crippen LogP contribution is -2.56. The van der Waals surface area contributed by atoms with Crippen LogP contribution in [0.5, 0.6) is 5.75 Å². The molecule has 292 valence electrons. The average molecular weight is 746 g/mol. The molecule has 4 fully saturated rings. The first-order chi connectivity index (χ1) is 25.4. The van der Waals surface area contributed by atoms with Crippen LogP contribution in [0, 0.1) is 17.3 Å². The molecule has 1 saturated heterocycles. The molecule has 7 rings (SSSR count). The van der Waals surface area contributed by atoms with E-state index >= 15 is 0 Å². The summed E-state index contributed by atoms with van der Waals surface area (Å²) in [5.41, 5.74) is 1.85. The number of aryl methyl sites for hydroxylation is 1. The van der Waals surface area contributed by atoms with Gasteiger partial charge in [0.2, 0.25) is 5.91 Å². The molecule has 3 saturated carbocycles. The molecular weight excluding hydrogens is 691 g/mol. The summed E-state index contributed by atoms with van der Waals surface area (Å²) in [7, 11) is 0. The first-order valence-electron chi connectivity index (χ1n) is 19.5. The number of nitrogens with zero attached hydrogens (tertiary/aromatic N) is 2. The highest BCUT2D eigenvalue weighted by atomic mass is 19.4. The monoisotopic (exact) mass is 745 g/mol. The number of ether oxygens (including phenoxy) is 2. The molecule has 9 atom stereocenters. The standard InChI is InChI=1S/C39H54F3N5O6/c1-38-14-13-27-26-10-8-25(17-22(26)3-9-28(27)29(38)11-12-33(38)48)52-16-2-15-44-23-4-6-24(7-5-23)45-35(49)18-31-37(51)36(50)30(21-53-31)46-34-20-43-19-32(47-34)39(40,41)42/h8,10,17,19-20,23-24,27-31,33,36-37,44,48,50-51H,2-7,9,11-16,18,21H2,1H3,(H,45,49)(H,46,47)/t23?,24?,27-,28-,29+,30+,31-,33+,36-,37+,38+/m1/s1. The number of benzene rings is 1. The second kappa shape index (κ2) is 16.0. The summed E-state index contributed by atoms with van der Waals surface area (Å²) >= 11 is 0. The topological polar surface area (TPSA) is 158 Å². The lowest BCUT2D eigenvalue weighted by molar-refractivity contribution is -0.152. The zero-order valence-electron chi connectivity index (χ0n) is 30.4. The lowest BCUT2D eigenvalue weighted by Gasteiger charge is -2.50. The van der Waals surface area contributed by atoms with E-state index in [2.05, 4.69) is 51.0 Å². The van der Waals surface area contributed by atoms with E-state index in [0.717, 1.165) is 76.3 Å². The molecular formula is C39H54F3N5O6. The normalized spacial score (nSPS) is 35.5. The SMILES string of the molecule is C[C@]12CC[C@@H]3c4ccc(OCCCNC5CCC(NC(=O)C[C@H]6OC[C@H](Nc7cncc(C(F)(F)F)n7)[C@@H](O)[C@H]6O)CC5)cc4CC[C@H]3[C@@H]1CC[C@@H]2O. The smallest absolute Gasteiger partial charge is 0.434 e. The molecule has 5 aliphatic rings. The number of hydrogen-bond acceptors (Lipinski definition) is 10. The molecule has 1 amide bonds. The van der Waals surface area contributed by atoms with Crippen molar-refractivity contribution in [1.29, 1.82) is 0 Å². The fourth-order valence-electron chi connectivity index (χ4n) is 10.1. The van der Waals surface area contributed by atoms with Gasteiger partial charge in [0.05, 0.1) is 50.3 Å². The molecule has 1 aromatic heterocycles. The number of anilines is 1. The van der Waals surface area contributed by atoms with Crippen LogP contribution >= 0.6 is 0 Å². The van der Waals surface area contributed by atoms with Crippen LogP contribution in [0.15, 0.2) is 30.6 Å². The molecule has 2 aromatic rings. The number of fused-ring (bicyclic) bond motifs is 5. The number of rotatable bonds is 11. The predicted molar refractivity (Wildman–Crippen MR) is 190 cm³/mol. The van der Waals surface area contributed by atoms with Gasteiger partial charge in [-0.1, -0.05) is 13.0 Å². The third-order valence-electron chi connectivity index (χ3n) is 13.0. The number of carbonyl (C=O) groups is 1. The van der Waals surface area contributed by atoms with Gasteiger partial charge in [0.25, 0.3) is 0 Å². The van der Waals surface area contributed by atoms with Crippen molar-refractivity contribution in [2.75, 3.05) is 25.1 Å². The van der Waals surface area contributed by atoms with E-state index in [0.29, 0.717) is 36.6 Å². The van der Waals surface area contributed by atoms with Crippen molar-refractivity contribution in [2.45, 2.75) is 139 Å². The van der Waals surface area contributed by atoms with E-state index in [1.54, 1.807) is 0 Å². The fourth-order valence-corrected chi connectivity index (χ4v) is 10.1. The number of nitrogens with one attached hydrogen (secondary N) is 3. The fraction of sp³-hybridized carbons (Fsp3) is 0.718. The number of aromatic nitrogens is 2. The number of hydrogen-bond donors (Lipinski definition) is 6. The van der Waals surface area contributed by atoms with E-state index in [9.17, 15) is 33.3 Å². The van der Waals surface area contributed by atoms with E-state index < -0.39 is 36.2 Å². The minimum Gasteiger partial charge on any atom is -0.494 e. The van der Waals surface area contributed by atoms with Crippen LogP contribution in [0.25, 0.3) is 0 Å². The summed E-state index contributed by atoms with van der Waals surface area (Å²) < 4.78 is 50.7. The van der Waals surface area contributed by atoms with Gasteiger partial charge in [-0.3, -0.25) is 9.78 Å². The number of carbonyl (C=O) groups excluding carboxylic acids is 1. The van der Waals surface area contributed by atoms with Gasteiger partial charge >= 0.3 is 6.18 Å². The zero-order chi connectivity index (χ0) is 37.3. The maximum Gasteiger partial charge on any atom is 0.434 e. The molecule has 0 spiro atoms. The van der Waals surface area contributed by atoms with Crippen LogP contribution in [0.2, 0.25) is 0 Å². The largest absolute Gasteiger partial charge is 0.494 e. The quantitative estimate of drug-likeness (QED) is 0.181. The van der Waals surface area contributed by atoms with E-state index in [1.165, 1.54) is 24.0 Å². The minimum atomic E-state index is -4.68. The third kappa shape index (κ3) is 8.46. The number of aliphatic hydroxyl groups is 3. The van der Waals surface area contributed by atoms with Crippen molar-refractivity contribution in [3.63, 3.8) is 0 Å². The van der Waals surface area contributed by atoms with Crippen molar-refractivity contribution in [1.82, 2.24) is 20.6 Å². The van der Waals surface area contributed by atoms with Gasteiger partial charge < -0.3 is 40.7 Å². The maximum absolute atomic E-state index is 13.0. The Morgan fingerprint density at radius 2 is 1.81 bits per heavy atom. The number of aliphatic hydroxyl groups excluding tert-OH is 3. The molecule has 11 nitrogen and oxygen atoms in total. The number of alkyl halides is 3. The van der Waals surface area contributed by atoms with Gasteiger partial charge in [0.15, 0.2) is 5.69 Å². The lowest BCUT2D eigenvalue weighted by atomic mass is 9.55. The molecule has 2 heterocycles. The summed E-state index contributed by atoms with van der Waals surface area (Å²) in [5, 5.41) is 41.2. The van der Waals surface area contributed by atoms with Crippen molar-refractivity contribution in [3.8, 4) is 5.75 Å². The van der Waals surface area contributed by atoms with Crippen molar-refractivity contribution in [2.24, 2.45) is 17.3 Å². The van der Waals surface area contributed by atoms with Gasteiger partial charge in [-0.2, -0.15) is 13.2 Å². The van der Waals surface area contributed by atoms with Crippen LogP contribution < -0.4 is 20.7 Å². The Morgan fingerprint density at radius 1 is 1.02 bits per heavy atom. The Kier molecular flexibility index (Phi) is 11.5. The molecule has 14 heteroatoms. The molecule has 4 aliphatic carbocycles. The van der Waals surface area contributed by atoms with Crippen LogP contribution in [0.4, 0.5) is 19.0 Å². The van der Waals surface area contributed by atoms with Crippen LogP contribution in [-0.2, 0) is 22.1 Å². The summed E-state index contributed by atoms with van der Waals surface area (Å²) in [5.74, 6) is 2.37. The molecule has 0 unspecified atom stereocenters. The minimum absolute atomic E-state index is 0.00520. The van der Waals surface area contributed by atoms with E-state index in [-0.39, 0.29) is 42.3 Å². The van der Waals surface area contributed by atoms with E-state index in [1.807, 2.05) is 0 Å². The third-order valence-corrected chi connectivity index (χ3v) is 13.0. The van der Waals surface area contributed by atoms with Gasteiger partial charge in [-0.15, -0.1) is 0 Å². The predicted octanol–water partition coefficient (Wildman–Crippen LogP) is 4.49. The van der Waals surface area contributed by atoms with Crippen LogP contribution in [0.3, 0.4) is 0 Å². The zero-order valence-corrected chi connectivity index (χ0v) is 30.4. The van der Waals surface area contributed by atoms with Crippen LogP contribution in [0.1, 0.15) is 100 Å². The molecule has 0 bridgehead atoms. The van der Waals surface area contributed by atoms with Gasteiger partial charge in [0.1, 0.15) is 23.8 Å². The highest BCUT2D eigenvalue weighted by molar-refractivity contribution is 5.77. The Hall–Kier alpha value is -3.04. The van der Waals surface area contributed by atoms with E-state index in [4.69, 9.17) is 9.47 Å². The number of halogens is 3. The average Bonchev–Trinajstić information content (AvgIpc) is 3.45. The van der Waals surface area contributed by atoms with Crippen LogP contribution in [-0.4, -0.2) is 93.5 Å². The van der Waals surface area contributed by atoms with Gasteiger partial charge in [-0.05, 0) is 124 Å².